The van der Waals surface area contributed by atoms with Crippen molar-refractivity contribution >= 4 is 0 Å². The molecule has 0 unspecified atom stereocenters. The summed E-state index contributed by atoms with van der Waals surface area (Å²) in [5, 5.41) is 0. The van der Waals surface area contributed by atoms with Gasteiger partial charge in [-0.15, -0.1) is 0 Å². The minimum atomic E-state index is -0.0170. The molecule has 0 amide bonds. The summed E-state index contributed by atoms with van der Waals surface area (Å²) in [5.74, 6) is 0.913. The Morgan fingerprint density at radius 2 is 1.81 bits per heavy atom. The molecular formula is C17H35N3O. The first-order chi connectivity index (χ1) is 10.2. The molecule has 2 fully saturated rings. The Morgan fingerprint density at radius 3 is 2.38 bits per heavy atom. The van der Waals surface area contributed by atoms with E-state index >= 15 is 0 Å². The van der Waals surface area contributed by atoms with Crippen molar-refractivity contribution in [3.63, 3.8) is 0 Å². The summed E-state index contributed by atoms with van der Waals surface area (Å²) in [6.07, 6.45) is 7.62. The Morgan fingerprint density at radius 1 is 1.14 bits per heavy atom. The SMILES string of the molecule is CCCC1CCC(CN)(OCCN2CCN(C)CC2)CC1. The number of piperazine rings is 1. The summed E-state index contributed by atoms with van der Waals surface area (Å²) in [5.41, 5.74) is 6.03. The van der Waals surface area contributed by atoms with Crippen molar-refractivity contribution in [3.05, 3.63) is 0 Å². The average molecular weight is 297 g/mol. The van der Waals surface area contributed by atoms with Gasteiger partial charge in [-0.25, -0.2) is 0 Å². The normalized spacial score (nSPS) is 32.4. The van der Waals surface area contributed by atoms with Crippen molar-refractivity contribution in [2.75, 3.05) is 52.9 Å². The van der Waals surface area contributed by atoms with E-state index in [-0.39, 0.29) is 5.60 Å². The number of nitrogens with zero attached hydrogens (tertiary/aromatic N) is 2. The van der Waals surface area contributed by atoms with Gasteiger partial charge in [0, 0.05) is 39.3 Å². The lowest BCUT2D eigenvalue weighted by molar-refractivity contribution is -0.0785. The van der Waals surface area contributed by atoms with Crippen molar-refractivity contribution in [1.82, 2.24) is 9.80 Å². The monoisotopic (exact) mass is 297 g/mol. The molecule has 0 spiro atoms. The Balaban J connectivity index is 1.68. The minimum absolute atomic E-state index is 0.0170. The highest BCUT2D eigenvalue weighted by Gasteiger charge is 2.34. The maximum Gasteiger partial charge on any atom is 0.0805 e. The van der Waals surface area contributed by atoms with Gasteiger partial charge in [-0.3, -0.25) is 4.90 Å². The summed E-state index contributed by atoms with van der Waals surface area (Å²) in [6.45, 7) is 9.60. The highest BCUT2D eigenvalue weighted by molar-refractivity contribution is 4.88. The van der Waals surface area contributed by atoms with E-state index in [1.807, 2.05) is 0 Å². The molecular weight excluding hydrogens is 262 g/mol. The summed E-state index contributed by atoms with van der Waals surface area (Å²) in [6, 6.07) is 0. The number of hydrogen-bond acceptors (Lipinski definition) is 4. The Labute approximate surface area is 131 Å². The van der Waals surface area contributed by atoms with Crippen LogP contribution in [0.15, 0.2) is 0 Å². The van der Waals surface area contributed by atoms with Crippen LogP contribution in [-0.2, 0) is 4.74 Å². The zero-order valence-corrected chi connectivity index (χ0v) is 14.1. The van der Waals surface area contributed by atoms with E-state index < -0.39 is 0 Å². The molecule has 124 valence electrons. The zero-order chi connectivity index (χ0) is 15.1. The van der Waals surface area contributed by atoms with Gasteiger partial charge < -0.3 is 15.4 Å². The van der Waals surface area contributed by atoms with Crippen molar-refractivity contribution in [1.29, 1.82) is 0 Å². The molecule has 4 heteroatoms. The molecule has 0 radical (unpaired) electrons. The van der Waals surface area contributed by atoms with E-state index in [1.54, 1.807) is 0 Å². The van der Waals surface area contributed by atoms with E-state index in [1.165, 1.54) is 51.9 Å². The van der Waals surface area contributed by atoms with Crippen molar-refractivity contribution in [3.8, 4) is 0 Å². The van der Waals surface area contributed by atoms with Gasteiger partial charge in [-0.2, -0.15) is 0 Å². The summed E-state index contributed by atoms with van der Waals surface area (Å²) in [7, 11) is 2.20. The van der Waals surface area contributed by atoms with Gasteiger partial charge in [0.1, 0.15) is 0 Å². The summed E-state index contributed by atoms with van der Waals surface area (Å²) >= 11 is 0. The zero-order valence-electron chi connectivity index (χ0n) is 14.1. The van der Waals surface area contributed by atoms with Gasteiger partial charge in [0.15, 0.2) is 0 Å². The van der Waals surface area contributed by atoms with Gasteiger partial charge in [0.25, 0.3) is 0 Å². The third-order valence-electron chi connectivity index (χ3n) is 5.50. The molecule has 0 bridgehead atoms. The Kier molecular flexibility index (Phi) is 6.93. The van der Waals surface area contributed by atoms with E-state index in [9.17, 15) is 0 Å². The average Bonchev–Trinajstić information content (AvgIpc) is 2.51. The summed E-state index contributed by atoms with van der Waals surface area (Å²) < 4.78 is 6.30. The van der Waals surface area contributed by atoms with Crippen molar-refractivity contribution in [2.24, 2.45) is 11.7 Å². The second-order valence-electron chi connectivity index (χ2n) is 7.11. The molecule has 0 aromatic carbocycles. The van der Waals surface area contributed by atoms with E-state index in [4.69, 9.17) is 10.5 Å². The second kappa shape index (κ2) is 8.47. The first-order valence-corrected chi connectivity index (χ1v) is 8.92. The molecule has 1 saturated carbocycles. The van der Waals surface area contributed by atoms with Crippen LogP contribution in [0.2, 0.25) is 0 Å². The molecule has 1 aliphatic heterocycles. The molecule has 1 aliphatic carbocycles. The fourth-order valence-electron chi connectivity index (χ4n) is 3.77. The Bertz CT molecular complexity index is 282. The lowest BCUT2D eigenvalue weighted by atomic mass is 9.77. The smallest absolute Gasteiger partial charge is 0.0805 e. The van der Waals surface area contributed by atoms with Crippen LogP contribution >= 0.6 is 0 Å². The third-order valence-corrected chi connectivity index (χ3v) is 5.50. The quantitative estimate of drug-likeness (QED) is 0.780. The minimum Gasteiger partial charge on any atom is -0.372 e. The Hall–Kier alpha value is -0.160. The maximum atomic E-state index is 6.30. The third kappa shape index (κ3) is 5.20. The molecule has 0 aromatic rings. The highest BCUT2D eigenvalue weighted by atomic mass is 16.5. The largest absolute Gasteiger partial charge is 0.372 e. The van der Waals surface area contributed by atoms with Crippen LogP contribution in [0.25, 0.3) is 0 Å². The maximum absolute atomic E-state index is 6.30. The van der Waals surface area contributed by atoms with E-state index in [2.05, 4.69) is 23.8 Å². The molecule has 4 nitrogen and oxygen atoms in total. The van der Waals surface area contributed by atoms with Gasteiger partial charge in [-0.1, -0.05) is 19.8 Å². The van der Waals surface area contributed by atoms with E-state index in [0.29, 0.717) is 6.54 Å². The molecule has 2 rings (SSSR count). The van der Waals surface area contributed by atoms with Gasteiger partial charge in [0.05, 0.1) is 12.2 Å². The topological polar surface area (TPSA) is 41.7 Å². The van der Waals surface area contributed by atoms with Crippen molar-refractivity contribution < 1.29 is 4.74 Å². The van der Waals surface area contributed by atoms with Gasteiger partial charge in [-0.05, 0) is 38.6 Å². The number of nitrogens with two attached hydrogens (primary N) is 1. The van der Waals surface area contributed by atoms with Crippen LogP contribution in [0.3, 0.4) is 0 Å². The lowest BCUT2D eigenvalue weighted by Gasteiger charge is -2.40. The molecule has 2 aliphatic rings. The fourth-order valence-corrected chi connectivity index (χ4v) is 3.77. The van der Waals surface area contributed by atoms with Crippen LogP contribution in [0, 0.1) is 5.92 Å². The molecule has 21 heavy (non-hydrogen) atoms. The molecule has 1 heterocycles. The molecule has 0 atom stereocenters. The van der Waals surface area contributed by atoms with Crippen LogP contribution in [-0.4, -0.2) is 68.3 Å². The van der Waals surface area contributed by atoms with Crippen molar-refractivity contribution in [2.45, 2.75) is 51.0 Å². The molecule has 1 saturated heterocycles. The predicted molar refractivity (Wildman–Crippen MR) is 88.5 cm³/mol. The van der Waals surface area contributed by atoms with Crippen LogP contribution < -0.4 is 5.73 Å². The second-order valence-corrected chi connectivity index (χ2v) is 7.11. The fraction of sp³-hybridized carbons (Fsp3) is 1.00. The van der Waals surface area contributed by atoms with Crippen LogP contribution in [0.1, 0.15) is 45.4 Å². The molecule has 0 aromatic heterocycles. The lowest BCUT2D eigenvalue weighted by Crippen LogP contribution is -2.48. The van der Waals surface area contributed by atoms with Gasteiger partial charge in [0.2, 0.25) is 0 Å². The number of hydrogen-bond donors (Lipinski definition) is 1. The summed E-state index contributed by atoms with van der Waals surface area (Å²) in [4.78, 5) is 4.92. The number of likely N-dealkylation sites (N-methyl/N-ethyl adjacent to an activating group) is 1. The highest BCUT2D eigenvalue weighted by Crippen LogP contribution is 2.36. The first kappa shape index (κ1) is 17.2. The first-order valence-electron chi connectivity index (χ1n) is 8.92. The van der Waals surface area contributed by atoms with Crippen LogP contribution in [0.4, 0.5) is 0 Å². The number of rotatable bonds is 7. The predicted octanol–water partition coefficient (Wildman–Crippen LogP) is 1.94. The standard InChI is InChI=1S/C17H35N3O/c1-3-4-16-5-7-17(15-18,8-6-16)21-14-13-20-11-9-19(2)10-12-20/h16H,3-15,18H2,1-2H3. The van der Waals surface area contributed by atoms with E-state index in [0.717, 1.165) is 31.9 Å². The number of ether oxygens (including phenoxy) is 1. The van der Waals surface area contributed by atoms with Gasteiger partial charge >= 0.3 is 0 Å². The van der Waals surface area contributed by atoms with Crippen LogP contribution in [0.5, 0.6) is 0 Å². The molecule has 2 N–H and O–H groups in total.